The molecule has 0 amide bonds. The third-order valence-electron chi connectivity index (χ3n) is 5.25. The van der Waals surface area contributed by atoms with Crippen molar-refractivity contribution in [1.29, 1.82) is 0 Å². The van der Waals surface area contributed by atoms with E-state index >= 15 is 0 Å². The van der Waals surface area contributed by atoms with Crippen LogP contribution in [0.25, 0.3) is 6.08 Å². The number of unbranched alkanes of at least 4 members (excludes halogenated alkanes) is 1. The molecule has 1 aliphatic rings. The van der Waals surface area contributed by atoms with Gasteiger partial charge in [-0.05, 0) is 42.2 Å². The van der Waals surface area contributed by atoms with Crippen molar-refractivity contribution in [2.45, 2.75) is 71.4 Å². The molecule has 0 radical (unpaired) electrons. The fourth-order valence-electron chi connectivity index (χ4n) is 3.61. The van der Waals surface area contributed by atoms with Crippen LogP contribution in [-0.4, -0.2) is 0 Å². The van der Waals surface area contributed by atoms with Crippen molar-refractivity contribution >= 4 is 6.08 Å². The van der Waals surface area contributed by atoms with Crippen LogP contribution < -0.4 is 0 Å². The minimum absolute atomic E-state index is 0.0753. The predicted molar refractivity (Wildman–Crippen MR) is 94.8 cm³/mol. The molecule has 2 rings (SSSR count). The van der Waals surface area contributed by atoms with E-state index in [2.05, 4.69) is 6.92 Å². The Bertz CT molecular complexity index is 578. The Balaban J connectivity index is 2.16. The zero-order valence-corrected chi connectivity index (χ0v) is 15.1. The first-order valence-electron chi connectivity index (χ1n) is 9.38. The standard InChI is InChI=1S/C21H28F4/c1-3-4-5-6-17-13-14-18(20(22)19(17)21(23,24)25)12-11-16-9-7-15(2)8-10-16/h5-6,13-16H,3-4,7-12H2,1-2H3/b6-5+. The Morgan fingerprint density at radius 3 is 2.40 bits per heavy atom. The first kappa shape index (κ1) is 20.0. The monoisotopic (exact) mass is 356 g/mol. The molecule has 0 aliphatic heterocycles. The van der Waals surface area contributed by atoms with Crippen LogP contribution >= 0.6 is 0 Å². The Kier molecular flexibility index (Phi) is 7.09. The van der Waals surface area contributed by atoms with Crippen LogP contribution in [0.5, 0.6) is 0 Å². The molecule has 0 spiro atoms. The highest BCUT2D eigenvalue weighted by Gasteiger charge is 2.37. The van der Waals surface area contributed by atoms with Crippen molar-refractivity contribution in [2.75, 3.05) is 0 Å². The average Bonchev–Trinajstić information content (AvgIpc) is 2.54. The molecule has 0 nitrogen and oxygen atoms in total. The van der Waals surface area contributed by atoms with Gasteiger partial charge in [0.05, 0.1) is 5.56 Å². The summed E-state index contributed by atoms with van der Waals surface area (Å²) in [5.41, 5.74) is -0.998. The lowest BCUT2D eigenvalue weighted by Gasteiger charge is -2.26. The SMILES string of the molecule is CCC/C=C/c1ccc(CCC2CCC(C)CC2)c(F)c1C(F)(F)F. The van der Waals surface area contributed by atoms with Crippen LogP contribution in [0.2, 0.25) is 0 Å². The number of halogens is 4. The smallest absolute Gasteiger partial charge is 0.206 e. The van der Waals surface area contributed by atoms with Gasteiger partial charge in [0.1, 0.15) is 5.82 Å². The van der Waals surface area contributed by atoms with Gasteiger partial charge in [0.15, 0.2) is 0 Å². The van der Waals surface area contributed by atoms with E-state index in [1.54, 1.807) is 6.08 Å². The summed E-state index contributed by atoms with van der Waals surface area (Å²) < 4.78 is 54.7. The van der Waals surface area contributed by atoms with Crippen LogP contribution in [-0.2, 0) is 12.6 Å². The molecule has 0 bridgehead atoms. The van der Waals surface area contributed by atoms with Gasteiger partial charge in [0, 0.05) is 0 Å². The van der Waals surface area contributed by atoms with E-state index in [4.69, 9.17) is 0 Å². The Hall–Kier alpha value is -1.32. The maximum Gasteiger partial charge on any atom is 0.419 e. The van der Waals surface area contributed by atoms with E-state index in [-0.39, 0.29) is 11.1 Å². The summed E-state index contributed by atoms with van der Waals surface area (Å²) in [4.78, 5) is 0. The number of aryl methyl sites for hydroxylation is 1. The van der Waals surface area contributed by atoms with Crippen molar-refractivity contribution in [3.8, 4) is 0 Å². The maximum atomic E-state index is 14.6. The molecular formula is C21H28F4. The Labute approximate surface area is 148 Å². The molecule has 1 aromatic carbocycles. The highest BCUT2D eigenvalue weighted by molar-refractivity contribution is 5.56. The molecule has 0 aromatic heterocycles. The fraction of sp³-hybridized carbons (Fsp3) is 0.619. The van der Waals surface area contributed by atoms with E-state index in [9.17, 15) is 17.6 Å². The second-order valence-corrected chi connectivity index (χ2v) is 7.36. The summed E-state index contributed by atoms with van der Waals surface area (Å²) >= 11 is 0. The van der Waals surface area contributed by atoms with Crippen molar-refractivity contribution < 1.29 is 17.6 Å². The van der Waals surface area contributed by atoms with Gasteiger partial charge in [-0.1, -0.05) is 70.2 Å². The molecule has 1 saturated carbocycles. The number of alkyl halides is 3. The first-order chi connectivity index (χ1) is 11.8. The molecule has 4 heteroatoms. The molecule has 1 aromatic rings. The first-order valence-corrected chi connectivity index (χ1v) is 9.38. The maximum absolute atomic E-state index is 14.6. The molecule has 0 atom stereocenters. The van der Waals surface area contributed by atoms with Gasteiger partial charge in [-0.15, -0.1) is 0 Å². The fourth-order valence-corrected chi connectivity index (χ4v) is 3.61. The molecule has 1 aliphatic carbocycles. The summed E-state index contributed by atoms with van der Waals surface area (Å²) in [6.07, 6.45) is 5.61. The van der Waals surface area contributed by atoms with E-state index in [0.717, 1.165) is 31.6 Å². The number of rotatable bonds is 6. The minimum atomic E-state index is -4.67. The number of hydrogen-bond acceptors (Lipinski definition) is 0. The van der Waals surface area contributed by atoms with Gasteiger partial charge in [-0.25, -0.2) is 4.39 Å². The Morgan fingerprint density at radius 2 is 1.80 bits per heavy atom. The molecule has 0 heterocycles. The van der Waals surface area contributed by atoms with E-state index < -0.39 is 17.6 Å². The van der Waals surface area contributed by atoms with E-state index in [1.807, 2.05) is 6.92 Å². The largest absolute Gasteiger partial charge is 0.419 e. The van der Waals surface area contributed by atoms with Crippen LogP contribution in [0, 0.1) is 17.7 Å². The molecule has 25 heavy (non-hydrogen) atoms. The van der Waals surface area contributed by atoms with Crippen molar-refractivity contribution in [3.63, 3.8) is 0 Å². The highest BCUT2D eigenvalue weighted by atomic mass is 19.4. The molecule has 1 fully saturated rings. The van der Waals surface area contributed by atoms with Gasteiger partial charge in [0.2, 0.25) is 0 Å². The quantitative estimate of drug-likeness (QED) is 0.465. The average molecular weight is 356 g/mol. The van der Waals surface area contributed by atoms with Crippen LogP contribution in [0.3, 0.4) is 0 Å². The summed E-state index contributed by atoms with van der Waals surface area (Å²) in [5, 5.41) is 0. The van der Waals surface area contributed by atoms with Gasteiger partial charge < -0.3 is 0 Å². The zero-order chi connectivity index (χ0) is 18.4. The van der Waals surface area contributed by atoms with Crippen molar-refractivity contribution in [3.05, 3.63) is 40.7 Å². The molecule has 0 unspecified atom stereocenters. The number of benzene rings is 1. The third kappa shape index (κ3) is 5.58. The summed E-state index contributed by atoms with van der Waals surface area (Å²) in [6.45, 7) is 4.18. The van der Waals surface area contributed by atoms with Gasteiger partial charge in [0.25, 0.3) is 0 Å². The second kappa shape index (κ2) is 8.86. The van der Waals surface area contributed by atoms with Crippen LogP contribution in [0.4, 0.5) is 17.6 Å². The summed E-state index contributed by atoms with van der Waals surface area (Å²) in [5.74, 6) is 0.156. The predicted octanol–water partition coefficient (Wildman–Crippen LogP) is 7.42. The van der Waals surface area contributed by atoms with E-state index in [1.165, 1.54) is 31.1 Å². The lowest BCUT2D eigenvalue weighted by atomic mass is 9.80. The van der Waals surface area contributed by atoms with Gasteiger partial charge in [-0.2, -0.15) is 13.2 Å². The lowest BCUT2D eigenvalue weighted by Crippen LogP contribution is -2.15. The normalized spacial score (nSPS) is 21.8. The molecule has 0 N–H and O–H groups in total. The third-order valence-corrected chi connectivity index (χ3v) is 5.25. The van der Waals surface area contributed by atoms with Crippen molar-refractivity contribution in [2.24, 2.45) is 11.8 Å². The molecule has 0 saturated heterocycles. The van der Waals surface area contributed by atoms with Crippen LogP contribution in [0.15, 0.2) is 18.2 Å². The summed E-state index contributed by atoms with van der Waals surface area (Å²) in [6, 6.07) is 2.94. The molecular weight excluding hydrogens is 328 g/mol. The zero-order valence-electron chi connectivity index (χ0n) is 15.1. The molecule has 140 valence electrons. The second-order valence-electron chi connectivity index (χ2n) is 7.36. The topological polar surface area (TPSA) is 0 Å². The van der Waals surface area contributed by atoms with Crippen molar-refractivity contribution in [1.82, 2.24) is 0 Å². The number of hydrogen-bond donors (Lipinski definition) is 0. The minimum Gasteiger partial charge on any atom is -0.206 e. The lowest BCUT2D eigenvalue weighted by molar-refractivity contribution is -0.140. The summed E-state index contributed by atoms with van der Waals surface area (Å²) in [7, 11) is 0. The van der Waals surface area contributed by atoms with Crippen LogP contribution in [0.1, 0.15) is 75.5 Å². The van der Waals surface area contributed by atoms with Gasteiger partial charge in [-0.3, -0.25) is 0 Å². The van der Waals surface area contributed by atoms with E-state index in [0.29, 0.717) is 18.8 Å². The van der Waals surface area contributed by atoms with Gasteiger partial charge >= 0.3 is 6.18 Å². The highest BCUT2D eigenvalue weighted by Crippen LogP contribution is 2.37. The number of allylic oxidation sites excluding steroid dienone is 1. The Morgan fingerprint density at radius 1 is 1.12 bits per heavy atom.